The fourth-order valence-corrected chi connectivity index (χ4v) is 4.98. The van der Waals surface area contributed by atoms with Crippen molar-refractivity contribution in [2.24, 2.45) is 5.92 Å². The van der Waals surface area contributed by atoms with Crippen LogP contribution in [0.4, 0.5) is 5.69 Å². The molecule has 1 fully saturated rings. The monoisotopic (exact) mass is 444 g/mol. The highest BCUT2D eigenvalue weighted by atomic mass is 32.2. The fraction of sp³-hybridized carbons (Fsp3) is 0.391. The first-order chi connectivity index (χ1) is 14.7. The maximum absolute atomic E-state index is 13.0. The van der Waals surface area contributed by atoms with E-state index in [1.165, 1.54) is 16.4 Å². The number of carbonyl (C=O) groups excluding carboxylic acids is 2. The molecule has 2 aromatic rings. The number of carbonyl (C=O) groups is 2. The fourth-order valence-electron chi connectivity index (χ4n) is 3.46. The maximum atomic E-state index is 13.0. The van der Waals surface area contributed by atoms with Crippen LogP contribution in [0.3, 0.4) is 0 Å². The van der Waals surface area contributed by atoms with E-state index >= 15 is 0 Å². The molecule has 0 aromatic heterocycles. The Balaban J connectivity index is 1.81. The van der Waals surface area contributed by atoms with E-state index in [9.17, 15) is 18.0 Å². The zero-order valence-electron chi connectivity index (χ0n) is 18.1. The first-order valence-corrected chi connectivity index (χ1v) is 11.9. The molecule has 1 aliphatic rings. The van der Waals surface area contributed by atoms with E-state index in [1.807, 2.05) is 6.92 Å². The van der Waals surface area contributed by atoms with Gasteiger partial charge in [-0.1, -0.05) is 19.1 Å². The van der Waals surface area contributed by atoms with Crippen molar-refractivity contribution >= 4 is 27.6 Å². The number of hydrogen-bond donors (Lipinski definition) is 1. The van der Waals surface area contributed by atoms with Crippen LogP contribution in [0.2, 0.25) is 0 Å². The lowest BCUT2D eigenvalue weighted by Gasteiger charge is -2.29. The number of anilines is 1. The van der Waals surface area contributed by atoms with Crippen LogP contribution in [0.1, 0.15) is 53.0 Å². The number of benzene rings is 2. The lowest BCUT2D eigenvalue weighted by atomic mass is 10.0. The van der Waals surface area contributed by atoms with Gasteiger partial charge in [0.25, 0.3) is 5.91 Å². The van der Waals surface area contributed by atoms with Gasteiger partial charge in [-0.2, -0.15) is 4.31 Å². The minimum Gasteiger partial charge on any atom is -0.462 e. The highest BCUT2D eigenvalue weighted by Gasteiger charge is 2.28. The smallest absolute Gasteiger partial charge is 0.338 e. The molecule has 0 bridgehead atoms. The summed E-state index contributed by atoms with van der Waals surface area (Å²) in [5.74, 6) is -0.410. The molecule has 31 heavy (non-hydrogen) atoms. The molecule has 166 valence electrons. The second kappa shape index (κ2) is 9.62. The number of piperidine rings is 1. The summed E-state index contributed by atoms with van der Waals surface area (Å²) < 4.78 is 32.5. The molecule has 7 nitrogen and oxygen atoms in total. The van der Waals surface area contributed by atoms with Crippen LogP contribution < -0.4 is 5.32 Å². The SMILES string of the molecule is CCOC(=O)c1ccc(C)c(NC(=O)c2cccc(S(=O)(=O)N3CCC(C)CC3)c2)c1. The third kappa shape index (κ3) is 5.32. The van der Waals surface area contributed by atoms with E-state index in [1.54, 1.807) is 37.3 Å². The molecule has 1 saturated heterocycles. The maximum Gasteiger partial charge on any atom is 0.338 e. The van der Waals surface area contributed by atoms with E-state index in [-0.39, 0.29) is 17.1 Å². The molecule has 0 radical (unpaired) electrons. The van der Waals surface area contributed by atoms with E-state index in [0.717, 1.165) is 18.4 Å². The van der Waals surface area contributed by atoms with Crippen LogP contribution in [0.15, 0.2) is 47.4 Å². The number of hydrogen-bond acceptors (Lipinski definition) is 5. The number of amides is 1. The number of esters is 1. The van der Waals surface area contributed by atoms with E-state index in [0.29, 0.717) is 30.3 Å². The summed E-state index contributed by atoms with van der Waals surface area (Å²) in [5.41, 5.74) is 1.80. The summed E-state index contributed by atoms with van der Waals surface area (Å²) in [4.78, 5) is 24.9. The topological polar surface area (TPSA) is 92.8 Å². The Morgan fingerprint density at radius 1 is 1.10 bits per heavy atom. The van der Waals surface area contributed by atoms with Crippen molar-refractivity contribution in [3.05, 3.63) is 59.2 Å². The standard InChI is InChI=1S/C23H28N2O5S/c1-4-30-23(27)19-9-8-17(3)21(15-19)24-22(26)18-6-5-7-20(14-18)31(28,29)25-12-10-16(2)11-13-25/h5-9,14-16H,4,10-13H2,1-3H3,(H,24,26). The zero-order valence-corrected chi connectivity index (χ0v) is 18.9. The van der Waals surface area contributed by atoms with Crippen LogP contribution in [0.5, 0.6) is 0 Å². The van der Waals surface area contributed by atoms with Crippen LogP contribution in [-0.2, 0) is 14.8 Å². The van der Waals surface area contributed by atoms with Crippen LogP contribution >= 0.6 is 0 Å². The highest BCUT2D eigenvalue weighted by molar-refractivity contribution is 7.89. The van der Waals surface area contributed by atoms with Crippen molar-refractivity contribution in [1.82, 2.24) is 4.31 Å². The summed E-state index contributed by atoms with van der Waals surface area (Å²) in [6.45, 7) is 6.88. The van der Waals surface area contributed by atoms with E-state index in [4.69, 9.17) is 4.74 Å². The third-order valence-corrected chi connectivity index (χ3v) is 7.37. The molecule has 1 N–H and O–H groups in total. The lowest BCUT2D eigenvalue weighted by molar-refractivity contribution is 0.0526. The number of sulfonamides is 1. The molecule has 3 rings (SSSR count). The molecule has 0 unspecified atom stereocenters. The van der Waals surface area contributed by atoms with Crippen LogP contribution in [0.25, 0.3) is 0 Å². The number of nitrogens with one attached hydrogen (secondary N) is 1. The summed E-state index contributed by atoms with van der Waals surface area (Å²) in [6, 6.07) is 11.0. The summed E-state index contributed by atoms with van der Waals surface area (Å²) in [7, 11) is -3.65. The summed E-state index contributed by atoms with van der Waals surface area (Å²) in [5, 5.41) is 2.77. The Kier molecular flexibility index (Phi) is 7.12. The van der Waals surface area contributed by atoms with Gasteiger partial charge in [0, 0.05) is 24.3 Å². The predicted molar refractivity (Wildman–Crippen MR) is 119 cm³/mol. The molecule has 1 aliphatic heterocycles. The Morgan fingerprint density at radius 3 is 2.48 bits per heavy atom. The van der Waals surface area contributed by atoms with Gasteiger partial charge in [-0.3, -0.25) is 4.79 Å². The molecule has 8 heteroatoms. The highest BCUT2D eigenvalue weighted by Crippen LogP contribution is 2.25. The van der Waals surface area contributed by atoms with Crippen LogP contribution in [0, 0.1) is 12.8 Å². The van der Waals surface area contributed by atoms with Gasteiger partial charge in [-0.25, -0.2) is 13.2 Å². The van der Waals surface area contributed by atoms with Crippen molar-refractivity contribution in [2.75, 3.05) is 25.0 Å². The number of nitrogens with zero attached hydrogens (tertiary/aromatic N) is 1. The van der Waals surface area contributed by atoms with Gasteiger partial charge in [-0.05, 0) is 68.5 Å². The number of rotatable bonds is 6. The second-order valence-electron chi connectivity index (χ2n) is 7.82. The van der Waals surface area contributed by atoms with Crippen molar-refractivity contribution in [1.29, 1.82) is 0 Å². The normalized spacial score (nSPS) is 15.5. The molecule has 0 aliphatic carbocycles. The van der Waals surface area contributed by atoms with Gasteiger partial charge in [-0.15, -0.1) is 0 Å². The molecule has 1 heterocycles. The molecule has 1 amide bonds. The molecule has 0 atom stereocenters. The van der Waals surface area contributed by atoms with Gasteiger partial charge >= 0.3 is 5.97 Å². The van der Waals surface area contributed by atoms with Crippen molar-refractivity contribution < 1.29 is 22.7 Å². The molecule has 0 spiro atoms. The molecule has 2 aromatic carbocycles. The Hall–Kier alpha value is -2.71. The molecular weight excluding hydrogens is 416 g/mol. The third-order valence-electron chi connectivity index (χ3n) is 5.47. The van der Waals surface area contributed by atoms with E-state index < -0.39 is 21.9 Å². The first-order valence-electron chi connectivity index (χ1n) is 10.4. The Bertz CT molecular complexity index is 1070. The zero-order chi connectivity index (χ0) is 22.6. The Labute approximate surface area is 183 Å². The average molecular weight is 445 g/mol. The van der Waals surface area contributed by atoms with Gasteiger partial charge in [0.15, 0.2) is 0 Å². The summed E-state index contributed by atoms with van der Waals surface area (Å²) >= 11 is 0. The largest absolute Gasteiger partial charge is 0.462 e. The molecule has 0 saturated carbocycles. The van der Waals surface area contributed by atoms with Gasteiger partial charge in [0.05, 0.1) is 17.1 Å². The minimum atomic E-state index is -3.65. The predicted octanol–water partition coefficient (Wildman–Crippen LogP) is 3.84. The molecular formula is C23H28N2O5S. The van der Waals surface area contributed by atoms with Crippen molar-refractivity contribution in [2.45, 2.75) is 38.5 Å². The first kappa shape index (κ1) is 23.0. The van der Waals surface area contributed by atoms with Crippen molar-refractivity contribution in [3.63, 3.8) is 0 Å². The quantitative estimate of drug-likeness (QED) is 0.684. The van der Waals surface area contributed by atoms with Gasteiger partial charge < -0.3 is 10.1 Å². The van der Waals surface area contributed by atoms with Gasteiger partial charge in [0.2, 0.25) is 10.0 Å². The van der Waals surface area contributed by atoms with Crippen molar-refractivity contribution in [3.8, 4) is 0 Å². The average Bonchev–Trinajstić information content (AvgIpc) is 2.75. The van der Waals surface area contributed by atoms with Gasteiger partial charge in [0.1, 0.15) is 0 Å². The van der Waals surface area contributed by atoms with E-state index in [2.05, 4.69) is 12.2 Å². The van der Waals surface area contributed by atoms with Crippen LogP contribution in [-0.4, -0.2) is 44.3 Å². The lowest BCUT2D eigenvalue weighted by Crippen LogP contribution is -2.37. The summed E-state index contributed by atoms with van der Waals surface area (Å²) in [6.07, 6.45) is 1.66. The second-order valence-corrected chi connectivity index (χ2v) is 9.76. The number of ether oxygens (including phenoxy) is 1. The number of aryl methyl sites for hydroxylation is 1. The Morgan fingerprint density at radius 2 is 1.81 bits per heavy atom. The minimum absolute atomic E-state index is 0.103.